The molecule has 0 aromatic carbocycles. The molecule has 1 fully saturated rings. The molecule has 20 heavy (non-hydrogen) atoms. The SMILES string of the molecule is CCCN1CCCC(C(C)NCC(C)c2nccs2)C1. The van der Waals surface area contributed by atoms with E-state index in [0.717, 1.165) is 12.5 Å². The minimum atomic E-state index is 0.521. The van der Waals surface area contributed by atoms with E-state index < -0.39 is 0 Å². The molecule has 1 N–H and O–H groups in total. The van der Waals surface area contributed by atoms with Crippen LogP contribution < -0.4 is 5.32 Å². The number of nitrogens with zero attached hydrogens (tertiary/aromatic N) is 2. The van der Waals surface area contributed by atoms with E-state index in [1.807, 2.05) is 6.20 Å². The first-order chi connectivity index (χ1) is 9.70. The predicted octanol–water partition coefficient (Wildman–Crippen LogP) is 3.35. The number of thiazole rings is 1. The lowest BCUT2D eigenvalue weighted by atomic mass is 9.91. The van der Waals surface area contributed by atoms with Gasteiger partial charge in [-0.1, -0.05) is 13.8 Å². The van der Waals surface area contributed by atoms with Crippen LogP contribution in [0.5, 0.6) is 0 Å². The van der Waals surface area contributed by atoms with Gasteiger partial charge >= 0.3 is 0 Å². The van der Waals surface area contributed by atoms with Gasteiger partial charge in [-0.25, -0.2) is 4.98 Å². The van der Waals surface area contributed by atoms with Gasteiger partial charge in [0.25, 0.3) is 0 Å². The number of hydrogen-bond acceptors (Lipinski definition) is 4. The number of aromatic nitrogens is 1. The number of piperidine rings is 1. The summed E-state index contributed by atoms with van der Waals surface area (Å²) in [4.78, 5) is 7.05. The van der Waals surface area contributed by atoms with Crippen LogP contribution in [-0.4, -0.2) is 42.1 Å². The molecule has 1 aliphatic rings. The lowest BCUT2D eigenvalue weighted by molar-refractivity contribution is 0.150. The second-order valence-electron chi connectivity index (χ2n) is 6.17. The largest absolute Gasteiger partial charge is 0.313 e. The van der Waals surface area contributed by atoms with E-state index in [9.17, 15) is 0 Å². The van der Waals surface area contributed by atoms with Crippen LogP contribution in [0.15, 0.2) is 11.6 Å². The zero-order valence-electron chi connectivity index (χ0n) is 13.1. The Balaban J connectivity index is 1.75. The molecule has 0 radical (unpaired) electrons. The maximum atomic E-state index is 4.41. The zero-order valence-corrected chi connectivity index (χ0v) is 14.0. The number of hydrogen-bond donors (Lipinski definition) is 1. The van der Waals surface area contributed by atoms with Crippen molar-refractivity contribution < 1.29 is 0 Å². The molecule has 1 aliphatic heterocycles. The summed E-state index contributed by atoms with van der Waals surface area (Å²) < 4.78 is 0. The summed E-state index contributed by atoms with van der Waals surface area (Å²) in [6.45, 7) is 11.8. The third-order valence-electron chi connectivity index (χ3n) is 4.41. The monoisotopic (exact) mass is 295 g/mol. The minimum Gasteiger partial charge on any atom is -0.313 e. The van der Waals surface area contributed by atoms with Crippen molar-refractivity contribution in [3.8, 4) is 0 Å². The molecule has 114 valence electrons. The van der Waals surface area contributed by atoms with E-state index in [4.69, 9.17) is 0 Å². The lowest BCUT2D eigenvalue weighted by Crippen LogP contribution is -2.45. The maximum absolute atomic E-state index is 4.41. The van der Waals surface area contributed by atoms with E-state index in [2.05, 4.69) is 41.4 Å². The van der Waals surface area contributed by atoms with Crippen LogP contribution in [0, 0.1) is 5.92 Å². The summed E-state index contributed by atoms with van der Waals surface area (Å²) in [7, 11) is 0. The summed E-state index contributed by atoms with van der Waals surface area (Å²) >= 11 is 1.77. The summed E-state index contributed by atoms with van der Waals surface area (Å²) in [6.07, 6.45) is 5.91. The molecule has 2 heterocycles. The molecule has 0 amide bonds. The van der Waals surface area contributed by atoms with Gasteiger partial charge in [-0.3, -0.25) is 0 Å². The van der Waals surface area contributed by atoms with E-state index in [0.29, 0.717) is 12.0 Å². The van der Waals surface area contributed by atoms with Gasteiger partial charge in [0, 0.05) is 36.6 Å². The van der Waals surface area contributed by atoms with Crippen LogP contribution in [0.4, 0.5) is 0 Å². The van der Waals surface area contributed by atoms with Gasteiger partial charge < -0.3 is 10.2 Å². The van der Waals surface area contributed by atoms with Gasteiger partial charge in [0.15, 0.2) is 0 Å². The van der Waals surface area contributed by atoms with Crippen molar-refractivity contribution in [3.05, 3.63) is 16.6 Å². The fourth-order valence-corrected chi connectivity index (χ4v) is 3.81. The van der Waals surface area contributed by atoms with E-state index in [-0.39, 0.29) is 0 Å². The molecule has 0 aliphatic carbocycles. The van der Waals surface area contributed by atoms with Crippen molar-refractivity contribution in [1.29, 1.82) is 0 Å². The highest BCUT2D eigenvalue weighted by Crippen LogP contribution is 2.21. The van der Waals surface area contributed by atoms with Crippen LogP contribution in [0.3, 0.4) is 0 Å². The van der Waals surface area contributed by atoms with Crippen molar-refractivity contribution in [2.75, 3.05) is 26.2 Å². The highest BCUT2D eigenvalue weighted by atomic mass is 32.1. The molecule has 4 heteroatoms. The normalized spacial score (nSPS) is 23.6. The molecule has 0 bridgehead atoms. The van der Waals surface area contributed by atoms with E-state index in [1.54, 1.807) is 11.3 Å². The predicted molar refractivity (Wildman–Crippen MR) is 87.4 cm³/mol. The van der Waals surface area contributed by atoms with Crippen molar-refractivity contribution in [1.82, 2.24) is 15.2 Å². The molecule has 3 unspecified atom stereocenters. The van der Waals surface area contributed by atoms with Crippen LogP contribution in [0.25, 0.3) is 0 Å². The Kier molecular flexibility index (Phi) is 6.46. The molecule has 1 aromatic heterocycles. The van der Waals surface area contributed by atoms with Crippen LogP contribution in [-0.2, 0) is 0 Å². The van der Waals surface area contributed by atoms with Gasteiger partial charge in [-0.05, 0) is 45.2 Å². The molecular formula is C16H29N3S. The molecule has 1 aromatic rings. The average Bonchev–Trinajstić information content (AvgIpc) is 2.99. The fourth-order valence-electron chi connectivity index (χ4n) is 3.11. The third-order valence-corrected chi connectivity index (χ3v) is 5.41. The summed E-state index contributed by atoms with van der Waals surface area (Å²) in [6, 6.07) is 0.608. The maximum Gasteiger partial charge on any atom is 0.0965 e. The minimum absolute atomic E-state index is 0.521. The number of likely N-dealkylation sites (tertiary alicyclic amines) is 1. The first-order valence-electron chi connectivity index (χ1n) is 8.05. The molecule has 0 spiro atoms. The van der Waals surface area contributed by atoms with Crippen molar-refractivity contribution in [3.63, 3.8) is 0 Å². The second-order valence-corrected chi connectivity index (χ2v) is 7.10. The zero-order chi connectivity index (χ0) is 14.4. The van der Waals surface area contributed by atoms with Gasteiger partial charge in [0.05, 0.1) is 5.01 Å². The number of nitrogens with one attached hydrogen (secondary N) is 1. The van der Waals surface area contributed by atoms with Gasteiger partial charge in [-0.2, -0.15) is 0 Å². The topological polar surface area (TPSA) is 28.2 Å². The highest BCUT2D eigenvalue weighted by molar-refractivity contribution is 7.09. The van der Waals surface area contributed by atoms with Crippen LogP contribution in [0.1, 0.15) is 51.0 Å². The Bertz CT molecular complexity index is 364. The third kappa shape index (κ3) is 4.54. The number of rotatable bonds is 7. The summed E-state index contributed by atoms with van der Waals surface area (Å²) in [5, 5.41) is 7.06. The molecule has 3 nitrogen and oxygen atoms in total. The Morgan fingerprint density at radius 3 is 3.05 bits per heavy atom. The first-order valence-corrected chi connectivity index (χ1v) is 8.93. The smallest absolute Gasteiger partial charge is 0.0965 e. The van der Waals surface area contributed by atoms with Crippen molar-refractivity contribution in [2.45, 2.75) is 52.0 Å². The lowest BCUT2D eigenvalue weighted by Gasteiger charge is -2.36. The van der Waals surface area contributed by atoms with Crippen molar-refractivity contribution in [2.24, 2.45) is 5.92 Å². The van der Waals surface area contributed by atoms with Crippen LogP contribution in [0.2, 0.25) is 0 Å². The van der Waals surface area contributed by atoms with Gasteiger partial charge in [0.2, 0.25) is 0 Å². The Labute approximate surface area is 127 Å². The van der Waals surface area contributed by atoms with E-state index in [1.165, 1.54) is 43.9 Å². The van der Waals surface area contributed by atoms with E-state index >= 15 is 0 Å². The van der Waals surface area contributed by atoms with Gasteiger partial charge in [0.1, 0.15) is 0 Å². The fraction of sp³-hybridized carbons (Fsp3) is 0.812. The first kappa shape index (κ1) is 15.9. The standard InChI is InChI=1S/C16H29N3S/c1-4-8-19-9-5-6-15(12-19)14(3)18-11-13(2)16-17-7-10-20-16/h7,10,13-15,18H,4-6,8-9,11-12H2,1-3H3. The Hall–Kier alpha value is -0.450. The molecular weight excluding hydrogens is 266 g/mol. The van der Waals surface area contributed by atoms with Crippen LogP contribution >= 0.6 is 11.3 Å². The quantitative estimate of drug-likeness (QED) is 0.836. The molecule has 2 rings (SSSR count). The molecule has 1 saturated heterocycles. The molecule has 0 saturated carbocycles. The Morgan fingerprint density at radius 2 is 2.35 bits per heavy atom. The summed E-state index contributed by atoms with van der Waals surface area (Å²) in [5.74, 6) is 1.33. The Morgan fingerprint density at radius 1 is 1.50 bits per heavy atom. The average molecular weight is 295 g/mol. The van der Waals surface area contributed by atoms with Crippen molar-refractivity contribution >= 4 is 11.3 Å². The summed E-state index contributed by atoms with van der Waals surface area (Å²) in [5.41, 5.74) is 0. The van der Waals surface area contributed by atoms with Gasteiger partial charge in [-0.15, -0.1) is 11.3 Å². The highest BCUT2D eigenvalue weighted by Gasteiger charge is 2.24. The molecule has 3 atom stereocenters. The second kappa shape index (κ2) is 8.11.